The van der Waals surface area contributed by atoms with E-state index in [9.17, 15) is 14.0 Å². The molecule has 0 aliphatic carbocycles. The number of carbonyl (C=O) groups excluding carboxylic acids is 2. The van der Waals surface area contributed by atoms with Crippen molar-refractivity contribution in [2.24, 2.45) is 0 Å². The van der Waals surface area contributed by atoms with Crippen molar-refractivity contribution in [3.05, 3.63) is 71.5 Å². The minimum atomic E-state index is -0.616. The maximum absolute atomic E-state index is 13.0. The molecule has 0 unspecified atom stereocenters. The molecule has 2 aromatic carbocycles. The second-order valence-electron chi connectivity index (χ2n) is 7.19. The van der Waals surface area contributed by atoms with Crippen LogP contribution in [-0.4, -0.2) is 42.9 Å². The van der Waals surface area contributed by atoms with Crippen LogP contribution in [0.1, 0.15) is 42.1 Å². The van der Waals surface area contributed by atoms with Gasteiger partial charge in [0.15, 0.2) is 5.78 Å². The number of rotatable bonds is 7. The van der Waals surface area contributed by atoms with Crippen molar-refractivity contribution in [2.75, 3.05) is 26.2 Å². The molecule has 28 heavy (non-hydrogen) atoms. The fraction of sp³-hybridized carbons (Fsp3) is 0.391. The lowest BCUT2D eigenvalue weighted by Gasteiger charge is -2.40. The van der Waals surface area contributed by atoms with E-state index in [2.05, 4.69) is 4.90 Å². The molecule has 3 rings (SSSR count). The van der Waals surface area contributed by atoms with Crippen molar-refractivity contribution in [1.82, 2.24) is 4.90 Å². The highest BCUT2D eigenvalue weighted by Gasteiger charge is 2.44. The number of esters is 1. The summed E-state index contributed by atoms with van der Waals surface area (Å²) in [6.45, 7) is 4.27. The average Bonchev–Trinajstić information content (AvgIpc) is 2.73. The number of piperidine rings is 1. The molecule has 5 heteroatoms. The summed E-state index contributed by atoms with van der Waals surface area (Å²) < 4.78 is 18.4. The second-order valence-corrected chi connectivity index (χ2v) is 7.19. The highest BCUT2D eigenvalue weighted by Crippen LogP contribution is 2.37. The molecule has 0 bridgehead atoms. The molecule has 1 heterocycles. The Balaban J connectivity index is 1.62. The van der Waals surface area contributed by atoms with Gasteiger partial charge in [0.2, 0.25) is 0 Å². The summed E-state index contributed by atoms with van der Waals surface area (Å²) in [6.07, 6.45) is 1.71. The van der Waals surface area contributed by atoms with Crippen LogP contribution >= 0.6 is 0 Å². The lowest BCUT2D eigenvalue weighted by molar-refractivity contribution is -0.152. The summed E-state index contributed by atoms with van der Waals surface area (Å²) in [6, 6.07) is 15.5. The van der Waals surface area contributed by atoms with Gasteiger partial charge in [0.25, 0.3) is 0 Å². The van der Waals surface area contributed by atoms with E-state index in [0.29, 0.717) is 38.0 Å². The topological polar surface area (TPSA) is 46.6 Å². The van der Waals surface area contributed by atoms with Crippen LogP contribution in [0.25, 0.3) is 0 Å². The molecule has 0 atom stereocenters. The van der Waals surface area contributed by atoms with Gasteiger partial charge in [-0.25, -0.2) is 4.39 Å². The molecule has 0 spiro atoms. The van der Waals surface area contributed by atoms with Crippen LogP contribution in [0.15, 0.2) is 54.6 Å². The smallest absolute Gasteiger partial charge is 0.316 e. The van der Waals surface area contributed by atoms with E-state index in [-0.39, 0.29) is 17.6 Å². The van der Waals surface area contributed by atoms with E-state index in [1.165, 1.54) is 24.3 Å². The number of carbonyl (C=O) groups is 2. The van der Waals surface area contributed by atoms with Crippen molar-refractivity contribution >= 4 is 11.8 Å². The molecule has 0 amide bonds. The van der Waals surface area contributed by atoms with Crippen molar-refractivity contribution in [1.29, 1.82) is 0 Å². The molecular weight excluding hydrogens is 357 g/mol. The van der Waals surface area contributed by atoms with Crippen molar-refractivity contribution < 1.29 is 18.7 Å². The molecule has 1 fully saturated rings. The molecule has 4 nitrogen and oxygen atoms in total. The first-order chi connectivity index (χ1) is 13.5. The molecule has 0 radical (unpaired) electrons. The maximum Gasteiger partial charge on any atom is 0.316 e. The molecule has 2 aromatic rings. The summed E-state index contributed by atoms with van der Waals surface area (Å²) in [7, 11) is 0. The Labute approximate surface area is 165 Å². The normalized spacial score (nSPS) is 16.5. The number of Topliss-reactive ketones (excluding diaryl/α,β-unsaturated/α-hetero) is 1. The summed E-state index contributed by atoms with van der Waals surface area (Å²) in [5, 5.41) is 0. The minimum Gasteiger partial charge on any atom is -0.465 e. The van der Waals surface area contributed by atoms with Gasteiger partial charge in [0, 0.05) is 18.5 Å². The third kappa shape index (κ3) is 4.47. The molecule has 1 saturated heterocycles. The van der Waals surface area contributed by atoms with Crippen molar-refractivity contribution in [3.8, 4) is 0 Å². The standard InChI is InChI=1S/C23H26FNO3/c1-2-28-22(27)23(19-6-4-3-5-7-19)13-16-25(17-14-23)15-12-21(26)18-8-10-20(24)11-9-18/h3-11H,2,12-17H2,1H3. The predicted octanol–water partition coefficient (Wildman–Crippen LogP) is 4.00. The van der Waals surface area contributed by atoms with E-state index >= 15 is 0 Å². The first-order valence-corrected chi connectivity index (χ1v) is 9.79. The Hall–Kier alpha value is -2.53. The molecule has 1 aliphatic heterocycles. The molecule has 0 aromatic heterocycles. The molecular formula is C23H26FNO3. The molecule has 148 valence electrons. The maximum atomic E-state index is 13.0. The van der Waals surface area contributed by atoms with Gasteiger partial charge >= 0.3 is 5.97 Å². The third-order valence-corrected chi connectivity index (χ3v) is 5.52. The van der Waals surface area contributed by atoms with Gasteiger partial charge in [-0.3, -0.25) is 9.59 Å². The zero-order chi connectivity index (χ0) is 20.0. The molecule has 0 N–H and O–H groups in total. The largest absolute Gasteiger partial charge is 0.465 e. The van der Waals surface area contributed by atoms with Crippen molar-refractivity contribution in [3.63, 3.8) is 0 Å². The zero-order valence-corrected chi connectivity index (χ0v) is 16.2. The monoisotopic (exact) mass is 383 g/mol. The number of hydrogen-bond donors (Lipinski definition) is 0. The van der Waals surface area contributed by atoms with Gasteiger partial charge in [0.1, 0.15) is 5.82 Å². The van der Waals surface area contributed by atoms with Gasteiger partial charge in [-0.05, 0) is 62.7 Å². The number of hydrogen-bond acceptors (Lipinski definition) is 4. The Morgan fingerprint density at radius 2 is 1.68 bits per heavy atom. The van der Waals surface area contributed by atoms with Gasteiger partial charge in [0.05, 0.1) is 12.0 Å². The van der Waals surface area contributed by atoms with Gasteiger partial charge < -0.3 is 9.64 Å². The Bertz CT molecular complexity index is 796. The Kier molecular flexibility index (Phi) is 6.57. The zero-order valence-electron chi connectivity index (χ0n) is 16.2. The highest BCUT2D eigenvalue weighted by atomic mass is 19.1. The SMILES string of the molecule is CCOC(=O)C1(c2ccccc2)CCN(CCC(=O)c2ccc(F)cc2)CC1. The van der Waals surface area contributed by atoms with E-state index in [0.717, 1.165) is 18.7 Å². The van der Waals surface area contributed by atoms with E-state index in [1.807, 2.05) is 37.3 Å². The van der Waals surface area contributed by atoms with Gasteiger partial charge in [-0.1, -0.05) is 30.3 Å². The number of ketones is 1. The fourth-order valence-electron chi connectivity index (χ4n) is 3.84. The van der Waals surface area contributed by atoms with Gasteiger partial charge in [-0.2, -0.15) is 0 Å². The quantitative estimate of drug-likeness (QED) is 0.536. The summed E-state index contributed by atoms with van der Waals surface area (Å²) >= 11 is 0. The number of likely N-dealkylation sites (tertiary alicyclic amines) is 1. The van der Waals surface area contributed by atoms with Crippen LogP contribution in [0, 0.1) is 5.82 Å². The van der Waals surface area contributed by atoms with Crippen LogP contribution < -0.4 is 0 Å². The first-order valence-electron chi connectivity index (χ1n) is 9.79. The van der Waals surface area contributed by atoms with Crippen LogP contribution in [0.2, 0.25) is 0 Å². The van der Waals surface area contributed by atoms with Crippen LogP contribution in [0.3, 0.4) is 0 Å². The number of ether oxygens (including phenoxy) is 1. The Morgan fingerprint density at radius 1 is 1.04 bits per heavy atom. The first kappa shape index (κ1) is 20.2. The predicted molar refractivity (Wildman–Crippen MR) is 106 cm³/mol. The lowest BCUT2D eigenvalue weighted by Crippen LogP contribution is -2.48. The minimum absolute atomic E-state index is 0.00490. The third-order valence-electron chi connectivity index (χ3n) is 5.52. The average molecular weight is 383 g/mol. The van der Waals surface area contributed by atoms with Crippen LogP contribution in [-0.2, 0) is 14.9 Å². The van der Waals surface area contributed by atoms with Gasteiger partial charge in [-0.15, -0.1) is 0 Å². The lowest BCUT2D eigenvalue weighted by atomic mass is 9.72. The number of nitrogens with zero attached hydrogens (tertiary/aromatic N) is 1. The summed E-state index contributed by atoms with van der Waals surface area (Å²) in [5.41, 5.74) is 0.911. The summed E-state index contributed by atoms with van der Waals surface area (Å²) in [4.78, 5) is 27.3. The fourth-order valence-corrected chi connectivity index (χ4v) is 3.84. The summed E-state index contributed by atoms with van der Waals surface area (Å²) in [5.74, 6) is -0.502. The molecule has 1 aliphatic rings. The van der Waals surface area contributed by atoms with E-state index < -0.39 is 5.41 Å². The molecule has 0 saturated carbocycles. The van der Waals surface area contributed by atoms with Crippen LogP contribution in [0.5, 0.6) is 0 Å². The second kappa shape index (κ2) is 9.11. The van der Waals surface area contributed by atoms with E-state index in [4.69, 9.17) is 4.74 Å². The Morgan fingerprint density at radius 3 is 2.29 bits per heavy atom. The van der Waals surface area contributed by atoms with E-state index in [1.54, 1.807) is 0 Å². The number of benzene rings is 2. The number of halogens is 1. The van der Waals surface area contributed by atoms with Crippen molar-refractivity contribution in [2.45, 2.75) is 31.6 Å². The highest BCUT2D eigenvalue weighted by molar-refractivity contribution is 5.96. The van der Waals surface area contributed by atoms with Crippen LogP contribution in [0.4, 0.5) is 4.39 Å².